The van der Waals surface area contributed by atoms with E-state index in [1.165, 1.54) is 5.56 Å². The van der Waals surface area contributed by atoms with Crippen molar-refractivity contribution >= 4 is 27.3 Å². The first-order valence-corrected chi connectivity index (χ1v) is 9.77. The van der Waals surface area contributed by atoms with Crippen molar-refractivity contribution in [3.63, 3.8) is 0 Å². The molecule has 3 rings (SSSR count). The molecule has 1 aromatic carbocycles. The van der Waals surface area contributed by atoms with Crippen LogP contribution in [0.4, 0.5) is 17.5 Å². The van der Waals surface area contributed by atoms with Crippen molar-refractivity contribution in [2.75, 3.05) is 28.8 Å². The molecule has 6 nitrogen and oxygen atoms in total. The summed E-state index contributed by atoms with van der Waals surface area (Å²) >= 11 is 0. The van der Waals surface area contributed by atoms with Crippen LogP contribution in [0.25, 0.3) is 0 Å². The quantitative estimate of drug-likeness (QED) is 0.916. The molecule has 7 heteroatoms. The molecule has 0 radical (unpaired) electrons. The lowest BCUT2D eigenvalue weighted by Crippen LogP contribution is -2.34. The average molecular weight is 346 g/mol. The molecular formula is C17H22N4O2S. The highest BCUT2D eigenvalue weighted by atomic mass is 32.2. The van der Waals surface area contributed by atoms with E-state index in [1.54, 1.807) is 0 Å². The SMILES string of the molecule is Cc1ccc(Nc2cc(C)nc(N(C)C3CCS(=O)(=O)C3)n2)cc1. The summed E-state index contributed by atoms with van der Waals surface area (Å²) in [5, 5.41) is 3.28. The summed E-state index contributed by atoms with van der Waals surface area (Å²) in [6.07, 6.45) is 0.622. The third-order valence-electron chi connectivity index (χ3n) is 4.24. The number of sulfone groups is 1. The van der Waals surface area contributed by atoms with Crippen LogP contribution < -0.4 is 10.2 Å². The van der Waals surface area contributed by atoms with E-state index < -0.39 is 9.84 Å². The minimum Gasteiger partial charge on any atom is -0.340 e. The number of aromatic nitrogens is 2. The molecule has 0 amide bonds. The van der Waals surface area contributed by atoms with Gasteiger partial charge in [0.1, 0.15) is 5.82 Å². The number of hydrogen-bond acceptors (Lipinski definition) is 6. The van der Waals surface area contributed by atoms with Crippen molar-refractivity contribution in [2.45, 2.75) is 26.3 Å². The highest BCUT2D eigenvalue weighted by Crippen LogP contribution is 2.23. The molecule has 2 aromatic rings. The summed E-state index contributed by atoms with van der Waals surface area (Å²) in [6.45, 7) is 3.95. The largest absolute Gasteiger partial charge is 0.340 e. The zero-order valence-corrected chi connectivity index (χ0v) is 15.0. The molecule has 1 saturated heterocycles. The maximum atomic E-state index is 11.7. The zero-order valence-electron chi connectivity index (χ0n) is 14.2. The molecule has 2 heterocycles. The van der Waals surface area contributed by atoms with Gasteiger partial charge in [-0.2, -0.15) is 4.98 Å². The third-order valence-corrected chi connectivity index (χ3v) is 5.99. The number of anilines is 3. The maximum absolute atomic E-state index is 11.7. The Kier molecular flexibility index (Phi) is 4.45. The number of nitrogens with zero attached hydrogens (tertiary/aromatic N) is 3. The van der Waals surface area contributed by atoms with E-state index in [0.717, 1.165) is 11.4 Å². The van der Waals surface area contributed by atoms with Crippen LogP contribution in [0.3, 0.4) is 0 Å². The van der Waals surface area contributed by atoms with Gasteiger partial charge >= 0.3 is 0 Å². The van der Waals surface area contributed by atoms with Gasteiger partial charge in [0.25, 0.3) is 0 Å². The van der Waals surface area contributed by atoms with E-state index >= 15 is 0 Å². The minimum absolute atomic E-state index is 0.0657. The van der Waals surface area contributed by atoms with E-state index in [4.69, 9.17) is 0 Å². The van der Waals surface area contributed by atoms with Crippen LogP contribution in [-0.2, 0) is 9.84 Å². The number of nitrogens with one attached hydrogen (secondary N) is 1. The van der Waals surface area contributed by atoms with E-state index in [0.29, 0.717) is 18.2 Å². The first-order chi connectivity index (χ1) is 11.3. The van der Waals surface area contributed by atoms with Gasteiger partial charge in [-0.15, -0.1) is 0 Å². The van der Waals surface area contributed by atoms with Gasteiger partial charge in [-0.3, -0.25) is 0 Å². The van der Waals surface area contributed by atoms with E-state index in [2.05, 4.69) is 15.3 Å². The number of hydrogen-bond donors (Lipinski definition) is 1. The second-order valence-corrected chi connectivity index (χ2v) is 8.58. The molecule has 0 spiro atoms. The molecular weight excluding hydrogens is 324 g/mol. The fourth-order valence-electron chi connectivity index (χ4n) is 2.80. The van der Waals surface area contributed by atoms with Crippen molar-refractivity contribution in [1.29, 1.82) is 0 Å². The average Bonchev–Trinajstić information content (AvgIpc) is 2.88. The lowest BCUT2D eigenvalue weighted by atomic mass is 10.2. The van der Waals surface area contributed by atoms with Crippen molar-refractivity contribution < 1.29 is 8.42 Å². The molecule has 0 bridgehead atoms. The maximum Gasteiger partial charge on any atom is 0.227 e. The van der Waals surface area contributed by atoms with Gasteiger partial charge < -0.3 is 10.2 Å². The van der Waals surface area contributed by atoms with Gasteiger partial charge in [0, 0.05) is 30.5 Å². The lowest BCUT2D eigenvalue weighted by molar-refractivity contribution is 0.600. The minimum atomic E-state index is -2.93. The van der Waals surface area contributed by atoms with Crippen LogP contribution in [0.2, 0.25) is 0 Å². The molecule has 1 unspecified atom stereocenters. The van der Waals surface area contributed by atoms with E-state index in [9.17, 15) is 8.42 Å². The predicted molar refractivity (Wildman–Crippen MR) is 96.7 cm³/mol. The van der Waals surface area contributed by atoms with Crippen LogP contribution in [0.1, 0.15) is 17.7 Å². The highest BCUT2D eigenvalue weighted by molar-refractivity contribution is 7.91. The Hall–Kier alpha value is -2.15. The molecule has 1 atom stereocenters. The van der Waals surface area contributed by atoms with E-state index in [-0.39, 0.29) is 17.5 Å². The van der Waals surface area contributed by atoms with Gasteiger partial charge in [-0.25, -0.2) is 13.4 Å². The zero-order chi connectivity index (χ0) is 17.3. The van der Waals surface area contributed by atoms with E-state index in [1.807, 2.05) is 56.1 Å². The number of aryl methyl sites for hydroxylation is 2. The molecule has 0 saturated carbocycles. The van der Waals surface area contributed by atoms with Gasteiger partial charge in [-0.1, -0.05) is 17.7 Å². The fraction of sp³-hybridized carbons (Fsp3) is 0.412. The van der Waals surface area contributed by atoms with Crippen molar-refractivity contribution in [1.82, 2.24) is 9.97 Å². The predicted octanol–water partition coefficient (Wildman–Crippen LogP) is 2.46. The first-order valence-electron chi connectivity index (χ1n) is 7.95. The molecule has 1 fully saturated rings. The monoisotopic (exact) mass is 346 g/mol. The molecule has 1 aromatic heterocycles. The lowest BCUT2D eigenvalue weighted by Gasteiger charge is -2.24. The molecule has 1 aliphatic heterocycles. The summed E-state index contributed by atoms with van der Waals surface area (Å²) in [5.74, 6) is 1.66. The Morgan fingerprint density at radius 1 is 1.17 bits per heavy atom. The van der Waals surface area contributed by atoms with Gasteiger partial charge in [0.05, 0.1) is 11.5 Å². The Morgan fingerprint density at radius 3 is 2.50 bits per heavy atom. The molecule has 1 N–H and O–H groups in total. The van der Waals surface area contributed by atoms with Crippen molar-refractivity contribution in [2.24, 2.45) is 0 Å². The second kappa shape index (κ2) is 6.39. The summed E-state index contributed by atoms with van der Waals surface area (Å²) in [4.78, 5) is 10.9. The first kappa shape index (κ1) is 16.7. The number of benzene rings is 1. The van der Waals surface area contributed by atoms with Gasteiger partial charge in [-0.05, 0) is 32.4 Å². The molecule has 0 aliphatic carbocycles. The van der Waals surface area contributed by atoms with Crippen LogP contribution in [0.5, 0.6) is 0 Å². The highest BCUT2D eigenvalue weighted by Gasteiger charge is 2.31. The summed E-state index contributed by atoms with van der Waals surface area (Å²) < 4.78 is 23.4. The fourth-order valence-corrected chi connectivity index (χ4v) is 4.58. The number of rotatable bonds is 4. The van der Waals surface area contributed by atoms with Crippen LogP contribution in [-0.4, -0.2) is 43.0 Å². The Morgan fingerprint density at radius 2 is 1.88 bits per heavy atom. The summed E-state index contributed by atoms with van der Waals surface area (Å²) in [7, 11) is -1.08. The van der Waals surface area contributed by atoms with Crippen LogP contribution >= 0.6 is 0 Å². The molecule has 24 heavy (non-hydrogen) atoms. The van der Waals surface area contributed by atoms with Gasteiger partial charge in [0.15, 0.2) is 9.84 Å². The summed E-state index contributed by atoms with van der Waals surface area (Å²) in [6, 6.07) is 9.88. The smallest absolute Gasteiger partial charge is 0.227 e. The molecule has 1 aliphatic rings. The Labute approximate surface area is 142 Å². The summed E-state index contributed by atoms with van der Waals surface area (Å²) in [5.41, 5.74) is 2.99. The van der Waals surface area contributed by atoms with Crippen LogP contribution in [0.15, 0.2) is 30.3 Å². The van der Waals surface area contributed by atoms with Gasteiger partial charge in [0.2, 0.25) is 5.95 Å². The van der Waals surface area contributed by atoms with Crippen molar-refractivity contribution in [3.05, 3.63) is 41.6 Å². The third kappa shape index (κ3) is 3.84. The topological polar surface area (TPSA) is 75.2 Å². The molecule has 128 valence electrons. The second-order valence-electron chi connectivity index (χ2n) is 6.35. The normalized spacial score (nSPS) is 19.2. The standard InChI is InChI=1S/C17H22N4O2S/c1-12-4-6-14(7-5-12)19-16-10-13(2)18-17(20-16)21(3)15-8-9-24(22,23)11-15/h4-7,10,15H,8-9,11H2,1-3H3,(H,18,19,20). The van der Waals surface area contributed by atoms with Crippen LogP contribution in [0, 0.1) is 13.8 Å². The van der Waals surface area contributed by atoms with Crippen molar-refractivity contribution in [3.8, 4) is 0 Å². The Balaban J connectivity index is 1.82. The Bertz CT molecular complexity index is 834.